The van der Waals surface area contributed by atoms with Crippen LogP contribution in [0, 0.1) is 5.92 Å². The summed E-state index contributed by atoms with van der Waals surface area (Å²) in [6.45, 7) is 13.4. The first-order valence-electron chi connectivity index (χ1n) is 8.06. The summed E-state index contributed by atoms with van der Waals surface area (Å²) in [6.07, 6.45) is 4.41. The van der Waals surface area contributed by atoms with Gasteiger partial charge in [-0.2, -0.15) is 0 Å². The van der Waals surface area contributed by atoms with Crippen LogP contribution >= 0.6 is 0 Å². The molecule has 1 saturated heterocycles. The summed E-state index contributed by atoms with van der Waals surface area (Å²) in [6, 6.07) is 0.223. The minimum atomic E-state index is -0.426. The fourth-order valence-electron chi connectivity index (χ4n) is 2.74. The number of carbonyl (C=O) groups is 1. The van der Waals surface area contributed by atoms with E-state index in [4.69, 9.17) is 4.74 Å². The van der Waals surface area contributed by atoms with E-state index in [9.17, 15) is 4.79 Å². The molecule has 0 aromatic heterocycles. The molecule has 4 heteroatoms. The number of nitrogens with one attached hydrogen (secondary N) is 1. The van der Waals surface area contributed by atoms with E-state index in [1.165, 1.54) is 25.8 Å². The van der Waals surface area contributed by atoms with Crippen LogP contribution in [0.15, 0.2) is 0 Å². The molecule has 1 heterocycles. The number of unbranched alkanes of at least 4 members (excludes halogenated alkanes) is 1. The maximum absolute atomic E-state index is 11.9. The third-order valence-electron chi connectivity index (χ3n) is 3.74. The molecule has 1 rings (SSSR count). The second-order valence-electron chi connectivity index (χ2n) is 6.97. The Morgan fingerprint density at radius 3 is 2.55 bits per heavy atom. The van der Waals surface area contributed by atoms with Crippen molar-refractivity contribution in [3.05, 3.63) is 0 Å². The fraction of sp³-hybridized carbons (Fsp3) is 0.938. The van der Waals surface area contributed by atoms with Crippen molar-refractivity contribution < 1.29 is 9.53 Å². The van der Waals surface area contributed by atoms with Gasteiger partial charge in [0.1, 0.15) is 5.60 Å². The van der Waals surface area contributed by atoms with E-state index in [1.807, 2.05) is 20.8 Å². The minimum absolute atomic E-state index is 0.223. The van der Waals surface area contributed by atoms with Gasteiger partial charge in [-0.05, 0) is 46.1 Å². The van der Waals surface area contributed by atoms with Crippen LogP contribution in [0.3, 0.4) is 0 Å². The van der Waals surface area contributed by atoms with Crippen molar-refractivity contribution in [2.75, 3.05) is 19.6 Å². The van der Waals surface area contributed by atoms with Gasteiger partial charge >= 0.3 is 6.09 Å². The summed E-state index contributed by atoms with van der Waals surface area (Å²) in [4.78, 5) is 14.4. The van der Waals surface area contributed by atoms with Crippen LogP contribution in [0.1, 0.15) is 60.3 Å². The highest BCUT2D eigenvalue weighted by atomic mass is 16.6. The number of hydrogen-bond acceptors (Lipinski definition) is 3. The Labute approximate surface area is 124 Å². The molecular weight excluding hydrogens is 252 g/mol. The van der Waals surface area contributed by atoms with Crippen molar-refractivity contribution in [2.45, 2.75) is 71.9 Å². The Morgan fingerprint density at radius 2 is 2.00 bits per heavy atom. The molecule has 2 atom stereocenters. The zero-order chi connectivity index (χ0) is 15.2. The Kier molecular flexibility index (Phi) is 6.80. The molecule has 118 valence electrons. The first kappa shape index (κ1) is 17.3. The van der Waals surface area contributed by atoms with E-state index in [0.29, 0.717) is 5.92 Å². The molecule has 0 radical (unpaired) electrons. The Morgan fingerprint density at radius 1 is 1.30 bits per heavy atom. The molecule has 1 aliphatic heterocycles. The van der Waals surface area contributed by atoms with E-state index in [1.54, 1.807) is 0 Å². The molecule has 1 N–H and O–H groups in total. The number of ether oxygens (including phenoxy) is 1. The van der Waals surface area contributed by atoms with Crippen LogP contribution in [0.2, 0.25) is 0 Å². The molecule has 4 nitrogen and oxygen atoms in total. The normalized spacial score (nSPS) is 24.4. The van der Waals surface area contributed by atoms with E-state index >= 15 is 0 Å². The van der Waals surface area contributed by atoms with E-state index < -0.39 is 5.60 Å². The lowest BCUT2D eigenvalue weighted by atomic mass is 9.92. The molecular formula is C16H32N2O2. The third kappa shape index (κ3) is 6.60. The van der Waals surface area contributed by atoms with Gasteiger partial charge in [-0.15, -0.1) is 0 Å². The standard InChI is InChI=1S/C16H32N2O2/c1-6-8-9-18-11-13(7-2)10-14(12-18)17-15(19)20-16(3,4)5/h13-14H,6-12H2,1-5H3,(H,17,19). The molecule has 0 spiro atoms. The molecule has 1 fully saturated rings. The summed E-state index contributed by atoms with van der Waals surface area (Å²) in [5.41, 5.74) is -0.426. The van der Waals surface area contributed by atoms with Gasteiger partial charge in [0, 0.05) is 19.1 Å². The van der Waals surface area contributed by atoms with Gasteiger partial charge in [0.2, 0.25) is 0 Å². The predicted molar refractivity (Wildman–Crippen MR) is 82.9 cm³/mol. The predicted octanol–water partition coefficient (Wildman–Crippen LogP) is 3.41. The monoisotopic (exact) mass is 284 g/mol. The largest absolute Gasteiger partial charge is 0.444 e. The number of carbonyl (C=O) groups excluding carboxylic acids is 1. The van der Waals surface area contributed by atoms with Crippen molar-refractivity contribution in [3.63, 3.8) is 0 Å². The van der Waals surface area contributed by atoms with Crippen LogP contribution in [0.25, 0.3) is 0 Å². The zero-order valence-corrected chi connectivity index (χ0v) is 13.9. The summed E-state index contributed by atoms with van der Waals surface area (Å²) >= 11 is 0. The highest BCUT2D eigenvalue weighted by Gasteiger charge is 2.28. The lowest BCUT2D eigenvalue weighted by molar-refractivity contribution is 0.0446. The van der Waals surface area contributed by atoms with Crippen LogP contribution in [0.4, 0.5) is 4.79 Å². The summed E-state index contributed by atoms with van der Waals surface area (Å²) < 4.78 is 5.36. The lowest BCUT2D eigenvalue weighted by Gasteiger charge is -2.38. The highest BCUT2D eigenvalue weighted by Crippen LogP contribution is 2.20. The van der Waals surface area contributed by atoms with Gasteiger partial charge in [-0.1, -0.05) is 26.7 Å². The van der Waals surface area contributed by atoms with Crippen molar-refractivity contribution in [3.8, 4) is 0 Å². The second kappa shape index (κ2) is 7.87. The average molecular weight is 284 g/mol. The van der Waals surface area contributed by atoms with E-state index in [-0.39, 0.29) is 12.1 Å². The van der Waals surface area contributed by atoms with Gasteiger partial charge in [-0.3, -0.25) is 0 Å². The van der Waals surface area contributed by atoms with Gasteiger partial charge in [0.25, 0.3) is 0 Å². The Balaban J connectivity index is 2.48. The van der Waals surface area contributed by atoms with E-state index in [2.05, 4.69) is 24.1 Å². The first-order valence-corrected chi connectivity index (χ1v) is 8.06. The molecule has 1 amide bonds. The molecule has 0 aromatic carbocycles. The van der Waals surface area contributed by atoms with Gasteiger partial charge < -0.3 is 15.0 Å². The third-order valence-corrected chi connectivity index (χ3v) is 3.74. The van der Waals surface area contributed by atoms with E-state index in [0.717, 1.165) is 19.5 Å². The van der Waals surface area contributed by atoms with Crippen molar-refractivity contribution in [2.24, 2.45) is 5.92 Å². The van der Waals surface area contributed by atoms with Crippen LogP contribution in [-0.2, 0) is 4.74 Å². The number of rotatable bonds is 5. The quantitative estimate of drug-likeness (QED) is 0.841. The lowest BCUT2D eigenvalue weighted by Crippen LogP contribution is -2.51. The van der Waals surface area contributed by atoms with Crippen LogP contribution < -0.4 is 5.32 Å². The average Bonchev–Trinajstić information content (AvgIpc) is 2.33. The van der Waals surface area contributed by atoms with Crippen LogP contribution in [-0.4, -0.2) is 42.3 Å². The molecule has 0 bridgehead atoms. The number of likely N-dealkylation sites (tertiary alicyclic amines) is 1. The van der Waals surface area contributed by atoms with Crippen molar-refractivity contribution in [1.29, 1.82) is 0 Å². The Hall–Kier alpha value is -0.770. The first-order chi connectivity index (χ1) is 9.34. The number of alkyl carbamates (subject to hydrolysis) is 1. The van der Waals surface area contributed by atoms with Crippen molar-refractivity contribution >= 4 is 6.09 Å². The number of amides is 1. The second-order valence-corrected chi connectivity index (χ2v) is 6.97. The summed E-state index contributed by atoms with van der Waals surface area (Å²) in [7, 11) is 0. The summed E-state index contributed by atoms with van der Waals surface area (Å²) in [5.74, 6) is 0.681. The maximum atomic E-state index is 11.9. The smallest absolute Gasteiger partial charge is 0.407 e. The number of nitrogens with zero attached hydrogens (tertiary/aromatic N) is 1. The minimum Gasteiger partial charge on any atom is -0.444 e. The molecule has 2 unspecified atom stereocenters. The topological polar surface area (TPSA) is 41.6 Å². The summed E-state index contributed by atoms with van der Waals surface area (Å²) in [5, 5.41) is 3.04. The number of piperidine rings is 1. The highest BCUT2D eigenvalue weighted by molar-refractivity contribution is 5.68. The molecule has 0 aromatic rings. The molecule has 20 heavy (non-hydrogen) atoms. The molecule has 1 aliphatic rings. The fourth-order valence-corrected chi connectivity index (χ4v) is 2.74. The van der Waals surface area contributed by atoms with Gasteiger partial charge in [0.15, 0.2) is 0 Å². The molecule has 0 saturated carbocycles. The van der Waals surface area contributed by atoms with Gasteiger partial charge in [-0.25, -0.2) is 4.79 Å². The van der Waals surface area contributed by atoms with Gasteiger partial charge in [0.05, 0.1) is 0 Å². The van der Waals surface area contributed by atoms with Crippen molar-refractivity contribution in [1.82, 2.24) is 10.2 Å². The molecule has 0 aliphatic carbocycles. The SMILES string of the molecule is CCCCN1CC(CC)CC(NC(=O)OC(C)(C)C)C1. The zero-order valence-electron chi connectivity index (χ0n) is 13.9. The Bertz CT molecular complexity index is 299. The number of hydrogen-bond donors (Lipinski definition) is 1. The maximum Gasteiger partial charge on any atom is 0.407 e. The van der Waals surface area contributed by atoms with Crippen LogP contribution in [0.5, 0.6) is 0 Å².